The van der Waals surface area contributed by atoms with E-state index in [0.29, 0.717) is 17.8 Å². The fraction of sp³-hybridized carbons (Fsp3) is 0.381. The third kappa shape index (κ3) is 4.86. The molecule has 7 nitrogen and oxygen atoms in total. The van der Waals surface area contributed by atoms with Crippen LogP contribution in [0.2, 0.25) is 0 Å². The van der Waals surface area contributed by atoms with E-state index in [9.17, 15) is 14.4 Å². The highest BCUT2D eigenvalue weighted by Gasteiger charge is 2.17. The molecule has 0 radical (unpaired) electrons. The Hall–Kier alpha value is -2.93. The minimum Gasteiger partial charge on any atom is -0.376 e. The molecule has 7 heteroatoms. The molecule has 28 heavy (non-hydrogen) atoms. The first kappa shape index (κ1) is 19.8. The molecule has 1 aromatic carbocycles. The number of benzene rings is 1. The first-order valence-electron chi connectivity index (χ1n) is 9.41. The van der Waals surface area contributed by atoms with Gasteiger partial charge in [0, 0.05) is 24.4 Å². The van der Waals surface area contributed by atoms with Crippen LogP contribution in [0.25, 0.3) is 0 Å². The van der Waals surface area contributed by atoms with Gasteiger partial charge in [0.2, 0.25) is 5.91 Å². The summed E-state index contributed by atoms with van der Waals surface area (Å²) in [6.45, 7) is 4.74. The number of anilines is 1. The lowest BCUT2D eigenvalue weighted by Crippen LogP contribution is -2.37. The van der Waals surface area contributed by atoms with Crippen molar-refractivity contribution in [3.05, 3.63) is 63.6 Å². The molecular weight excluding hydrogens is 358 g/mol. The number of carbonyl (C=O) groups excluding carboxylic acids is 2. The Morgan fingerprint density at radius 1 is 1.14 bits per heavy atom. The van der Waals surface area contributed by atoms with Gasteiger partial charge < -0.3 is 19.9 Å². The molecular formula is C21H25N3O4. The van der Waals surface area contributed by atoms with Crippen LogP contribution in [-0.4, -0.2) is 35.6 Å². The van der Waals surface area contributed by atoms with E-state index < -0.39 is 5.56 Å². The number of hydrogen-bond acceptors (Lipinski definition) is 4. The average Bonchev–Trinajstić information content (AvgIpc) is 3.20. The van der Waals surface area contributed by atoms with Crippen molar-refractivity contribution in [3.63, 3.8) is 0 Å². The zero-order valence-electron chi connectivity index (χ0n) is 16.2. The number of hydrogen-bond donors (Lipinski definition) is 2. The van der Waals surface area contributed by atoms with Crippen molar-refractivity contribution >= 4 is 17.5 Å². The van der Waals surface area contributed by atoms with E-state index in [4.69, 9.17) is 4.74 Å². The van der Waals surface area contributed by atoms with Gasteiger partial charge in [-0.1, -0.05) is 17.7 Å². The summed E-state index contributed by atoms with van der Waals surface area (Å²) in [6, 6.07) is 10.3. The van der Waals surface area contributed by atoms with Crippen LogP contribution in [0, 0.1) is 13.8 Å². The molecule has 2 heterocycles. The highest BCUT2D eigenvalue weighted by molar-refractivity contribution is 6.04. The summed E-state index contributed by atoms with van der Waals surface area (Å²) in [5.41, 5.74) is 1.89. The number of carbonyl (C=O) groups is 2. The monoisotopic (exact) mass is 383 g/mol. The standard InChI is InChI=1S/C21H25N3O4/c1-14-5-8-16(9-6-14)20(26)23-18-10-7-15(2)24(21(18)27)13-19(25)22-12-17-4-3-11-28-17/h5-10,17H,3-4,11-13H2,1-2H3,(H,22,25)(H,23,26). The van der Waals surface area contributed by atoms with Crippen LogP contribution in [0.5, 0.6) is 0 Å². The summed E-state index contributed by atoms with van der Waals surface area (Å²) in [5, 5.41) is 5.45. The van der Waals surface area contributed by atoms with Gasteiger partial charge in [-0.2, -0.15) is 0 Å². The molecule has 1 aromatic heterocycles. The molecule has 1 fully saturated rings. The molecule has 148 valence electrons. The Morgan fingerprint density at radius 3 is 2.57 bits per heavy atom. The van der Waals surface area contributed by atoms with Crippen LogP contribution in [0.3, 0.4) is 0 Å². The lowest BCUT2D eigenvalue weighted by atomic mass is 10.1. The second kappa shape index (κ2) is 8.84. The second-order valence-corrected chi connectivity index (χ2v) is 7.04. The molecule has 1 aliphatic heterocycles. The topological polar surface area (TPSA) is 89.4 Å². The average molecular weight is 383 g/mol. The third-order valence-corrected chi connectivity index (χ3v) is 4.81. The summed E-state index contributed by atoms with van der Waals surface area (Å²) in [5.74, 6) is -0.627. The number of aromatic nitrogens is 1. The number of amides is 2. The fourth-order valence-corrected chi connectivity index (χ4v) is 3.09. The predicted octanol–water partition coefficient (Wildman–Crippen LogP) is 2.01. The largest absolute Gasteiger partial charge is 0.376 e. The van der Waals surface area contributed by atoms with Crippen molar-refractivity contribution < 1.29 is 14.3 Å². The van der Waals surface area contributed by atoms with E-state index >= 15 is 0 Å². The molecule has 1 aliphatic rings. The lowest BCUT2D eigenvalue weighted by molar-refractivity contribution is -0.122. The van der Waals surface area contributed by atoms with E-state index in [0.717, 1.165) is 25.0 Å². The third-order valence-electron chi connectivity index (χ3n) is 4.81. The van der Waals surface area contributed by atoms with E-state index in [2.05, 4.69) is 10.6 Å². The number of rotatable bonds is 6. The maximum atomic E-state index is 12.8. The van der Waals surface area contributed by atoms with Crippen LogP contribution in [0.1, 0.15) is 34.5 Å². The Labute approximate surface area is 163 Å². The van der Waals surface area contributed by atoms with E-state index in [-0.39, 0.29) is 30.2 Å². The van der Waals surface area contributed by atoms with Crippen LogP contribution >= 0.6 is 0 Å². The summed E-state index contributed by atoms with van der Waals surface area (Å²) >= 11 is 0. The van der Waals surface area contributed by atoms with Gasteiger partial charge in [-0.05, 0) is 51.0 Å². The molecule has 2 amide bonds. The number of ether oxygens (including phenoxy) is 1. The summed E-state index contributed by atoms with van der Waals surface area (Å²) in [7, 11) is 0. The minimum absolute atomic E-state index is 0.0434. The van der Waals surface area contributed by atoms with Gasteiger partial charge in [0.05, 0.1) is 6.10 Å². The Kier molecular flexibility index (Phi) is 6.26. The molecule has 0 spiro atoms. The predicted molar refractivity (Wildman–Crippen MR) is 107 cm³/mol. The molecule has 3 rings (SSSR count). The maximum Gasteiger partial charge on any atom is 0.274 e. The zero-order chi connectivity index (χ0) is 20.1. The Morgan fingerprint density at radius 2 is 1.89 bits per heavy atom. The maximum absolute atomic E-state index is 12.8. The van der Waals surface area contributed by atoms with Gasteiger partial charge >= 0.3 is 0 Å². The van der Waals surface area contributed by atoms with E-state index in [1.54, 1.807) is 31.2 Å². The molecule has 1 atom stereocenters. The van der Waals surface area contributed by atoms with Gasteiger partial charge in [0.15, 0.2) is 0 Å². The number of nitrogens with zero attached hydrogens (tertiary/aromatic N) is 1. The highest BCUT2D eigenvalue weighted by Crippen LogP contribution is 2.11. The van der Waals surface area contributed by atoms with Crippen LogP contribution in [0.15, 0.2) is 41.2 Å². The summed E-state index contributed by atoms with van der Waals surface area (Å²) in [6.07, 6.45) is 1.98. The summed E-state index contributed by atoms with van der Waals surface area (Å²) < 4.78 is 6.84. The van der Waals surface area contributed by atoms with Crippen molar-refractivity contribution in [2.24, 2.45) is 0 Å². The Balaban J connectivity index is 1.68. The molecule has 1 unspecified atom stereocenters. The SMILES string of the molecule is Cc1ccc(C(=O)Nc2ccc(C)n(CC(=O)NCC3CCCO3)c2=O)cc1. The second-order valence-electron chi connectivity index (χ2n) is 7.04. The number of aryl methyl sites for hydroxylation is 2. The molecule has 0 aliphatic carbocycles. The fourth-order valence-electron chi connectivity index (χ4n) is 3.09. The van der Waals surface area contributed by atoms with Gasteiger partial charge in [-0.15, -0.1) is 0 Å². The van der Waals surface area contributed by atoms with Gasteiger partial charge in [0.1, 0.15) is 12.2 Å². The van der Waals surface area contributed by atoms with E-state index in [1.807, 2.05) is 19.1 Å². The molecule has 1 saturated heterocycles. The normalized spacial score (nSPS) is 16.0. The molecule has 2 N–H and O–H groups in total. The quantitative estimate of drug-likeness (QED) is 0.799. The number of pyridine rings is 1. The van der Waals surface area contributed by atoms with Crippen LogP contribution in [0.4, 0.5) is 5.69 Å². The highest BCUT2D eigenvalue weighted by atomic mass is 16.5. The molecule has 0 saturated carbocycles. The Bertz CT molecular complexity index is 912. The van der Waals surface area contributed by atoms with E-state index in [1.165, 1.54) is 4.57 Å². The minimum atomic E-state index is -0.410. The van der Waals surface area contributed by atoms with Gasteiger partial charge in [-0.25, -0.2) is 0 Å². The smallest absolute Gasteiger partial charge is 0.274 e. The first-order valence-corrected chi connectivity index (χ1v) is 9.41. The molecule has 2 aromatic rings. The van der Waals surface area contributed by atoms with Crippen molar-refractivity contribution in [2.75, 3.05) is 18.5 Å². The van der Waals surface area contributed by atoms with Gasteiger partial charge in [-0.3, -0.25) is 14.4 Å². The summed E-state index contributed by atoms with van der Waals surface area (Å²) in [4.78, 5) is 37.4. The van der Waals surface area contributed by atoms with Crippen molar-refractivity contribution in [1.29, 1.82) is 0 Å². The number of nitrogens with one attached hydrogen (secondary N) is 2. The molecule has 0 bridgehead atoms. The first-order chi connectivity index (χ1) is 13.4. The van der Waals surface area contributed by atoms with Crippen molar-refractivity contribution in [2.45, 2.75) is 39.3 Å². The zero-order valence-corrected chi connectivity index (χ0v) is 16.2. The van der Waals surface area contributed by atoms with Gasteiger partial charge in [0.25, 0.3) is 11.5 Å². The van der Waals surface area contributed by atoms with Crippen LogP contribution < -0.4 is 16.2 Å². The van der Waals surface area contributed by atoms with Crippen molar-refractivity contribution in [1.82, 2.24) is 9.88 Å². The lowest BCUT2D eigenvalue weighted by Gasteiger charge is -2.14. The van der Waals surface area contributed by atoms with Crippen LogP contribution in [-0.2, 0) is 16.1 Å². The van der Waals surface area contributed by atoms with Crippen molar-refractivity contribution in [3.8, 4) is 0 Å².